The van der Waals surface area contributed by atoms with E-state index in [1.165, 1.54) is 0 Å². The van der Waals surface area contributed by atoms with Crippen LogP contribution in [0.2, 0.25) is 0 Å². The van der Waals surface area contributed by atoms with E-state index in [4.69, 9.17) is 17.0 Å². The first-order valence-electron chi connectivity index (χ1n) is 4.15. The van der Waals surface area contributed by atoms with E-state index in [1.54, 1.807) is 0 Å². The van der Waals surface area contributed by atoms with Gasteiger partial charge < -0.3 is 0 Å². The lowest BCUT2D eigenvalue weighted by Gasteiger charge is -2.32. The predicted molar refractivity (Wildman–Crippen MR) is 53.1 cm³/mol. The Kier molecular flexibility index (Phi) is 3.70. The van der Waals surface area contributed by atoms with E-state index in [-0.39, 0.29) is 5.41 Å². The van der Waals surface area contributed by atoms with Crippen LogP contribution in [0, 0.1) is 16.7 Å². The second kappa shape index (κ2) is 4.36. The average molecular weight is 205 g/mol. The predicted octanol–water partition coefficient (Wildman–Crippen LogP) is 2.11. The lowest BCUT2D eigenvalue weighted by molar-refractivity contribution is 0.276. The third kappa shape index (κ3) is 2.29. The van der Waals surface area contributed by atoms with Crippen LogP contribution in [0.25, 0.3) is 0 Å². The molecule has 1 fully saturated rings. The fourth-order valence-corrected chi connectivity index (χ4v) is 2.13. The summed E-state index contributed by atoms with van der Waals surface area (Å²) in [5.74, 6) is 0. The summed E-state index contributed by atoms with van der Waals surface area (Å²) in [7, 11) is 0. The van der Waals surface area contributed by atoms with Crippen molar-refractivity contribution in [3.05, 3.63) is 0 Å². The summed E-state index contributed by atoms with van der Waals surface area (Å²) in [5, 5.41) is 9.46. The Morgan fingerprint density at radius 1 is 1.58 bits per heavy atom. The number of rotatable bonds is 2. The molecule has 0 spiro atoms. The van der Waals surface area contributed by atoms with Gasteiger partial charge in [0.05, 0.1) is 11.5 Å². The van der Waals surface area contributed by atoms with Crippen LogP contribution in [0.5, 0.6) is 0 Å². The summed E-state index contributed by atoms with van der Waals surface area (Å²) >= 11 is 9.80. The molecule has 0 aromatic carbocycles. The molecule has 2 nitrogen and oxygen atoms in total. The highest BCUT2D eigenvalue weighted by Crippen LogP contribution is 2.37. The van der Waals surface area contributed by atoms with Gasteiger partial charge >= 0.3 is 0 Å². The highest BCUT2D eigenvalue weighted by Gasteiger charge is 2.34. The molecule has 0 aromatic rings. The van der Waals surface area contributed by atoms with Crippen molar-refractivity contribution in [2.75, 3.05) is 6.54 Å². The highest BCUT2D eigenvalue weighted by atomic mass is 35.5. The quantitative estimate of drug-likeness (QED) is 0.534. The molecule has 0 atom stereocenters. The smallest absolute Gasteiger partial charge is 0.0712 e. The Balaban J connectivity index is 2.52. The van der Waals surface area contributed by atoms with Crippen molar-refractivity contribution in [1.29, 1.82) is 5.26 Å². The van der Waals surface area contributed by atoms with E-state index >= 15 is 0 Å². The SMILES string of the molecule is N#CC1(CNCl)CCC(S)CC1. The van der Waals surface area contributed by atoms with E-state index in [9.17, 15) is 0 Å². The van der Waals surface area contributed by atoms with Crippen molar-refractivity contribution in [3.8, 4) is 6.07 Å². The number of halogens is 1. The number of nitriles is 1. The van der Waals surface area contributed by atoms with Crippen molar-refractivity contribution in [2.45, 2.75) is 30.9 Å². The van der Waals surface area contributed by atoms with Gasteiger partial charge in [0.25, 0.3) is 0 Å². The van der Waals surface area contributed by atoms with Crippen molar-refractivity contribution in [3.63, 3.8) is 0 Å². The number of hydrogen-bond acceptors (Lipinski definition) is 3. The molecule has 0 radical (unpaired) electrons. The fourth-order valence-electron chi connectivity index (χ4n) is 1.61. The first-order valence-corrected chi connectivity index (χ1v) is 5.05. The van der Waals surface area contributed by atoms with Crippen LogP contribution in [0.4, 0.5) is 0 Å². The van der Waals surface area contributed by atoms with Gasteiger partial charge in [-0.05, 0) is 37.5 Å². The lowest BCUT2D eigenvalue weighted by Crippen LogP contribution is -2.33. The first-order chi connectivity index (χ1) is 5.72. The monoisotopic (exact) mass is 204 g/mol. The van der Waals surface area contributed by atoms with E-state index in [0.717, 1.165) is 25.7 Å². The van der Waals surface area contributed by atoms with E-state index < -0.39 is 0 Å². The average Bonchev–Trinajstić information content (AvgIpc) is 2.10. The minimum Gasteiger partial charge on any atom is -0.232 e. The molecule has 0 heterocycles. The molecule has 0 unspecified atom stereocenters. The number of thiol groups is 1. The normalized spacial score (nSPS) is 35.9. The van der Waals surface area contributed by atoms with Crippen molar-refractivity contribution < 1.29 is 0 Å². The molecule has 1 aliphatic rings. The van der Waals surface area contributed by atoms with Gasteiger partial charge in [-0.2, -0.15) is 17.9 Å². The molecule has 4 heteroatoms. The van der Waals surface area contributed by atoms with Gasteiger partial charge in [0.2, 0.25) is 0 Å². The van der Waals surface area contributed by atoms with Gasteiger partial charge in [0.15, 0.2) is 0 Å². The molecule has 0 amide bonds. The van der Waals surface area contributed by atoms with Gasteiger partial charge in [0.1, 0.15) is 0 Å². The van der Waals surface area contributed by atoms with Crippen molar-refractivity contribution in [1.82, 2.24) is 4.84 Å². The summed E-state index contributed by atoms with van der Waals surface area (Å²) in [5.41, 5.74) is -0.235. The Bertz CT molecular complexity index is 182. The second-order valence-corrected chi connectivity index (χ2v) is 4.43. The van der Waals surface area contributed by atoms with Crippen molar-refractivity contribution in [2.24, 2.45) is 5.41 Å². The zero-order valence-corrected chi connectivity index (χ0v) is 8.54. The molecule has 0 aromatic heterocycles. The third-order valence-corrected chi connectivity index (χ3v) is 3.20. The number of nitrogens with one attached hydrogen (secondary N) is 1. The maximum atomic E-state index is 8.99. The minimum atomic E-state index is -0.235. The van der Waals surface area contributed by atoms with Gasteiger partial charge in [-0.25, -0.2) is 4.84 Å². The maximum Gasteiger partial charge on any atom is 0.0712 e. The molecule has 0 bridgehead atoms. The molecular formula is C8H13ClN2S. The van der Waals surface area contributed by atoms with Crippen LogP contribution in [-0.4, -0.2) is 11.8 Å². The van der Waals surface area contributed by atoms with Crippen LogP contribution in [0.15, 0.2) is 0 Å². The number of hydrogen-bond donors (Lipinski definition) is 2. The van der Waals surface area contributed by atoms with E-state index in [2.05, 4.69) is 23.5 Å². The summed E-state index contributed by atoms with van der Waals surface area (Å²) in [6, 6.07) is 2.36. The molecular weight excluding hydrogens is 192 g/mol. The Morgan fingerprint density at radius 2 is 2.17 bits per heavy atom. The minimum absolute atomic E-state index is 0.235. The van der Waals surface area contributed by atoms with Gasteiger partial charge in [-0.15, -0.1) is 0 Å². The molecule has 0 aliphatic heterocycles. The van der Waals surface area contributed by atoms with Gasteiger partial charge in [-0.1, -0.05) is 0 Å². The zero-order chi connectivity index (χ0) is 9.03. The third-order valence-electron chi connectivity index (χ3n) is 2.55. The summed E-state index contributed by atoms with van der Waals surface area (Å²) in [6.07, 6.45) is 3.87. The topological polar surface area (TPSA) is 35.8 Å². The fraction of sp³-hybridized carbons (Fsp3) is 0.875. The summed E-state index contributed by atoms with van der Waals surface area (Å²) in [6.45, 7) is 0.589. The van der Waals surface area contributed by atoms with Crippen LogP contribution in [0.3, 0.4) is 0 Å². The molecule has 68 valence electrons. The molecule has 1 saturated carbocycles. The van der Waals surface area contributed by atoms with Crippen molar-refractivity contribution >= 4 is 24.4 Å². The van der Waals surface area contributed by atoms with E-state index in [1.807, 2.05) is 0 Å². The maximum absolute atomic E-state index is 8.99. The molecule has 12 heavy (non-hydrogen) atoms. The Hall–Kier alpha value is 0.0900. The van der Waals surface area contributed by atoms with Gasteiger partial charge in [-0.3, -0.25) is 0 Å². The van der Waals surface area contributed by atoms with E-state index in [0.29, 0.717) is 11.8 Å². The Morgan fingerprint density at radius 3 is 2.58 bits per heavy atom. The van der Waals surface area contributed by atoms with Crippen LogP contribution in [0.1, 0.15) is 25.7 Å². The zero-order valence-electron chi connectivity index (χ0n) is 6.89. The highest BCUT2D eigenvalue weighted by molar-refractivity contribution is 7.80. The van der Waals surface area contributed by atoms with Gasteiger partial charge in [0, 0.05) is 11.8 Å². The molecule has 1 N–H and O–H groups in total. The molecule has 1 rings (SSSR count). The summed E-state index contributed by atoms with van der Waals surface area (Å²) < 4.78 is 0. The van der Waals surface area contributed by atoms with Crippen LogP contribution >= 0.6 is 24.4 Å². The standard InChI is InChI=1S/C8H13ClN2S/c9-11-6-8(5-10)3-1-7(12)2-4-8/h7,11-12H,1-4,6H2. The largest absolute Gasteiger partial charge is 0.232 e. The molecule has 1 aliphatic carbocycles. The first kappa shape index (κ1) is 10.2. The van der Waals surface area contributed by atoms with Crippen LogP contribution in [-0.2, 0) is 0 Å². The Labute approximate surface area is 83.8 Å². The lowest BCUT2D eigenvalue weighted by atomic mass is 9.75. The molecule has 0 saturated heterocycles. The van der Waals surface area contributed by atoms with Crippen LogP contribution < -0.4 is 4.84 Å². The second-order valence-electron chi connectivity index (χ2n) is 3.43. The number of nitrogens with zero attached hydrogens (tertiary/aromatic N) is 1. The summed E-state index contributed by atoms with van der Waals surface area (Å²) in [4.78, 5) is 2.57.